The van der Waals surface area contributed by atoms with E-state index in [1.54, 1.807) is 0 Å². The molecule has 0 aliphatic heterocycles. The quantitative estimate of drug-likeness (QED) is 0.0248. The van der Waals surface area contributed by atoms with Crippen LogP contribution >= 0.6 is 74.5 Å². The Morgan fingerprint density at radius 2 is 0.400 bits per heavy atom. The summed E-state index contributed by atoms with van der Waals surface area (Å²) in [5, 5.41) is 0. The van der Waals surface area contributed by atoms with Crippen LogP contribution in [0, 0.1) is 0 Å². The third-order valence-corrected chi connectivity index (χ3v) is 11.6. The number of hydrogen-bond acceptors (Lipinski definition) is 3. The van der Waals surface area contributed by atoms with E-state index in [0.717, 1.165) is 52.2 Å². The van der Waals surface area contributed by atoms with E-state index in [1.165, 1.54) is 193 Å². The van der Waals surface area contributed by atoms with Gasteiger partial charge in [0.25, 0.3) is 0 Å². The third-order valence-electron chi connectivity index (χ3n) is 10.0. The van der Waals surface area contributed by atoms with Gasteiger partial charge in [-0.1, -0.05) is 232 Å². The fraction of sp³-hybridized carbons (Fsp3) is 0.933. The zero-order valence-corrected chi connectivity index (χ0v) is 43.5. The second-order valence-corrected chi connectivity index (χ2v) is 18.6. The Balaban J connectivity index is -0.000000351. The molecule has 0 amide bonds. The molecule has 10 heteroatoms. The molecule has 3 nitrogen and oxygen atoms in total. The van der Waals surface area contributed by atoms with E-state index < -0.39 is 0 Å². The number of hydrogen-bond donors (Lipinski definition) is 3. The first-order valence-corrected chi connectivity index (χ1v) is 25.7. The van der Waals surface area contributed by atoms with Crippen molar-refractivity contribution in [3.63, 3.8) is 0 Å². The molecule has 0 aromatic rings. The van der Waals surface area contributed by atoms with Crippen LogP contribution in [0.5, 0.6) is 0 Å². The van der Waals surface area contributed by atoms with E-state index >= 15 is 0 Å². The first-order chi connectivity index (χ1) is 26.2. The van der Waals surface area contributed by atoms with Gasteiger partial charge < -0.3 is 14.7 Å². The zero-order chi connectivity index (χ0) is 40.9. The maximum atomic E-state index is 5.21. The van der Waals surface area contributed by atoms with Crippen molar-refractivity contribution < 1.29 is 17.1 Å². The summed E-state index contributed by atoms with van der Waals surface area (Å²) in [5.41, 5.74) is 0. The molecular weight excluding hydrogens is 831 g/mol. The van der Waals surface area contributed by atoms with Gasteiger partial charge in [0.05, 0.1) is 0 Å². The zero-order valence-electron chi connectivity index (χ0n) is 37.2. The standard InChI is InChI=1S/3C15H31NS2.Fe/c3*1-3-5-7-9-11-13-16(15(17)18)14-12-10-8-6-4-2;/h3*3-14H2,1-2H3,(H,17,18);/q;;;+3. The summed E-state index contributed by atoms with van der Waals surface area (Å²) >= 11 is 28.6. The Labute approximate surface area is 389 Å². The number of nitrogens with zero attached hydrogens (tertiary/aromatic N) is 3. The van der Waals surface area contributed by atoms with Crippen LogP contribution < -0.4 is 0 Å². The van der Waals surface area contributed by atoms with Gasteiger partial charge in [0, 0.05) is 39.3 Å². The maximum Gasteiger partial charge on any atom is 3.00 e. The minimum absolute atomic E-state index is 0. The first-order valence-electron chi connectivity index (χ1n) is 23.1. The SMILES string of the molecule is CCCCCCCN(CCCCCCC)C(=S)S.CCCCCCCN(CCCCCCC)C(=S)S.CCCCCCCN(CCCCCCC)C(=S)S.[Fe+3]. The number of thiol groups is 3. The van der Waals surface area contributed by atoms with Gasteiger partial charge >= 0.3 is 17.1 Å². The van der Waals surface area contributed by atoms with Gasteiger partial charge in [-0.25, -0.2) is 0 Å². The molecule has 0 heterocycles. The van der Waals surface area contributed by atoms with Crippen LogP contribution in [0.3, 0.4) is 0 Å². The van der Waals surface area contributed by atoms with Crippen molar-refractivity contribution >= 4 is 87.5 Å². The predicted octanol–water partition coefficient (Wildman–Crippen LogP) is 16.3. The minimum Gasteiger partial charge on any atom is -0.358 e. The second-order valence-electron chi connectivity index (χ2n) is 15.3. The third kappa shape index (κ3) is 51.3. The Bertz CT molecular complexity index is 650. The molecular formula is C45H93FeN3S6+3. The molecule has 0 saturated heterocycles. The Morgan fingerprint density at radius 3 is 0.509 bits per heavy atom. The summed E-state index contributed by atoms with van der Waals surface area (Å²) in [6.45, 7) is 20.1. The molecule has 0 aromatic carbocycles. The minimum atomic E-state index is 0. The largest absolute Gasteiger partial charge is 3.00 e. The van der Waals surface area contributed by atoms with Crippen molar-refractivity contribution in [3.05, 3.63) is 0 Å². The summed E-state index contributed by atoms with van der Waals surface area (Å²) in [4.78, 5) is 6.82. The van der Waals surface area contributed by atoms with Crippen LogP contribution in [-0.4, -0.2) is 66.9 Å². The Hall–Kier alpha value is 1.24. The molecule has 0 aromatic heterocycles. The van der Waals surface area contributed by atoms with Crippen LogP contribution in [0.1, 0.15) is 234 Å². The van der Waals surface area contributed by atoms with Crippen LogP contribution in [0.25, 0.3) is 0 Å². The molecule has 0 aliphatic rings. The van der Waals surface area contributed by atoms with Crippen molar-refractivity contribution in [3.8, 4) is 0 Å². The number of unbranched alkanes of at least 4 members (excludes halogenated alkanes) is 24. The molecule has 0 fully saturated rings. The van der Waals surface area contributed by atoms with Crippen LogP contribution in [0.2, 0.25) is 0 Å². The molecule has 0 spiro atoms. The van der Waals surface area contributed by atoms with E-state index in [-0.39, 0.29) is 17.1 Å². The average Bonchev–Trinajstić information content (AvgIpc) is 3.15. The Morgan fingerprint density at radius 1 is 0.273 bits per heavy atom. The van der Waals surface area contributed by atoms with E-state index in [9.17, 15) is 0 Å². The molecule has 0 bridgehead atoms. The van der Waals surface area contributed by atoms with Crippen LogP contribution in [0.4, 0.5) is 0 Å². The molecule has 55 heavy (non-hydrogen) atoms. The summed E-state index contributed by atoms with van der Waals surface area (Å²) in [7, 11) is 0. The topological polar surface area (TPSA) is 9.72 Å². The summed E-state index contributed by atoms with van der Waals surface area (Å²) < 4.78 is 2.34. The van der Waals surface area contributed by atoms with Crippen LogP contribution in [-0.2, 0) is 17.1 Å². The van der Waals surface area contributed by atoms with E-state index in [1.807, 2.05) is 0 Å². The summed E-state index contributed by atoms with van der Waals surface area (Å²) in [5.74, 6) is 0. The van der Waals surface area contributed by atoms with E-state index in [0.29, 0.717) is 0 Å². The normalized spacial score (nSPS) is 10.4. The van der Waals surface area contributed by atoms with E-state index in [2.05, 4.69) is 94.1 Å². The molecule has 0 rings (SSSR count). The van der Waals surface area contributed by atoms with Crippen LogP contribution in [0.15, 0.2) is 0 Å². The summed E-state index contributed by atoms with van der Waals surface area (Å²) in [6, 6.07) is 0. The molecule has 329 valence electrons. The molecule has 0 unspecified atom stereocenters. The van der Waals surface area contributed by atoms with Crippen molar-refractivity contribution in [1.29, 1.82) is 0 Å². The number of thiocarbonyl (C=S) groups is 3. The average molecular weight is 925 g/mol. The monoisotopic (exact) mass is 924 g/mol. The van der Waals surface area contributed by atoms with Crippen molar-refractivity contribution in [2.75, 3.05) is 39.3 Å². The fourth-order valence-electron chi connectivity index (χ4n) is 6.35. The van der Waals surface area contributed by atoms with E-state index in [4.69, 9.17) is 36.7 Å². The van der Waals surface area contributed by atoms with Gasteiger partial charge in [-0.15, -0.1) is 37.9 Å². The smallest absolute Gasteiger partial charge is 0.358 e. The van der Waals surface area contributed by atoms with Gasteiger partial charge in [0.1, 0.15) is 13.0 Å². The van der Waals surface area contributed by atoms with Crippen molar-refractivity contribution in [2.24, 2.45) is 0 Å². The Kier molecular flexibility index (Phi) is 60.9. The predicted molar refractivity (Wildman–Crippen MR) is 272 cm³/mol. The summed E-state index contributed by atoms with van der Waals surface area (Å²) in [6.07, 6.45) is 39.8. The van der Waals surface area contributed by atoms with Gasteiger partial charge in [-0.05, 0) is 38.5 Å². The molecule has 1 radical (unpaired) electrons. The van der Waals surface area contributed by atoms with Gasteiger partial charge in [-0.2, -0.15) is 0 Å². The van der Waals surface area contributed by atoms with Gasteiger partial charge in [0.2, 0.25) is 0 Å². The molecule has 0 N–H and O–H groups in total. The first kappa shape index (κ1) is 62.9. The maximum absolute atomic E-state index is 5.21. The van der Waals surface area contributed by atoms with Gasteiger partial charge in [0.15, 0.2) is 0 Å². The van der Waals surface area contributed by atoms with Crippen molar-refractivity contribution in [2.45, 2.75) is 234 Å². The molecule has 0 atom stereocenters. The van der Waals surface area contributed by atoms with Gasteiger partial charge in [-0.3, -0.25) is 0 Å². The molecule has 0 saturated carbocycles. The van der Waals surface area contributed by atoms with Crippen molar-refractivity contribution in [1.82, 2.24) is 14.7 Å². The fourth-order valence-corrected chi connectivity index (χ4v) is 7.49. The second kappa shape index (κ2) is 53.3. The number of rotatable bonds is 36. The molecule has 0 aliphatic carbocycles.